The van der Waals surface area contributed by atoms with Crippen LogP contribution >= 0.6 is 0 Å². The largest absolute Gasteiger partial charge is 0.497 e. The number of rotatable bonds is 6. The van der Waals surface area contributed by atoms with E-state index in [4.69, 9.17) is 4.74 Å². The number of nitrogens with zero attached hydrogens (tertiary/aromatic N) is 2. The highest BCUT2D eigenvalue weighted by Crippen LogP contribution is 2.25. The summed E-state index contributed by atoms with van der Waals surface area (Å²) in [5.74, 6) is 0.857. The van der Waals surface area contributed by atoms with Crippen molar-refractivity contribution in [3.05, 3.63) is 59.4 Å². The molecule has 2 aromatic rings. The van der Waals surface area contributed by atoms with Gasteiger partial charge in [0.05, 0.1) is 7.11 Å². The van der Waals surface area contributed by atoms with Gasteiger partial charge in [0.15, 0.2) is 5.78 Å². The zero-order valence-electron chi connectivity index (χ0n) is 16.0. The highest BCUT2D eigenvalue weighted by Gasteiger charge is 2.29. The highest BCUT2D eigenvalue weighted by molar-refractivity contribution is 5.99. The molecule has 0 N–H and O–H groups in total. The summed E-state index contributed by atoms with van der Waals surface area (Å²) in [4.78, 5) is 31.5. The molecule has 3 rings (SSSR count). The van der Waals surface area contributed by atoms with E-state index in [1.807, 2.05) is 42.2 Å². The SMILES string of the molecule is COc1ccc(C(=O)C2CCCN(C(=O)CCc3cccnc3)C2)c(C)c1. The number of benzene rings is 1. The predicted octanol–water partition coefficient (Wildman–Crippen LogP) is 3.45. The number of ketones is 1. The van der Waals surface area contributed by atoms with Gasteiger partial charge in [0.25, 0.3) is 0 Å². The molecule has 142 valence electrons. The summed E-state index contributed by atoms with van der Waals surface area (Å²) in [6, 6.07) is 9.40. The quantitative estimate of drug-likeness (QED) is 0.735. The molecule has 1 aromatic carbocycles. The summed E-state index contributed by atoms with van der Waals surface area (Å²) in [7, 11) is 1.62. The number of hydrogen-bond donors (Lipinski definition) is 0. The van der Waals surface area contributed by atoms with Crippen LogP contribution in [0.4, 0.5) is 0 Å². The lowest BCUT2D eigenvalue weighted by atomic mass is 9.88. The van der Waals surface area contributed by atoms with Gasteiger partial charge in [0.2, 0.25) is 5.91 Å². The highest BCUT2D eigenvalue weighted by atomic mass is 16.5. The van der Waals surface area contributed by atoms with Crippen molar-refractivity contribution in [3.8, 4) is 5.75 Å². The van der Waals surface area contributed by atoms with Gasteiger partial charge in [-0.05, 0) is 61.6 Å². The maximum atomic E-state index is 13.0. The summed E-state index contributed by atoms with van der Waals surface area (Å²) in [5.41, 5.74) is 2.70. The van der Waals surface area contributed by atoms with Gasteiger partial charge in [0.1, 0.15) is 5.75 Å². The smallest absolute Gasteiger partial charge is 0.222 e. The number of pyridine rings is 1. The van der Waals surface area contributed by atoms with Gasteiger partial charge in [-0.25, -0.2) is 0 Å². The van der Waals surface area contributed by atoms with Crippen LogP contribution < -0.4 is 4.74 Å². The Balaban J connectivity index is 1.61. The van der Waals surface area contributed by atoms with E-state index in [9.17, 15) is 9.59 Å². The number of hydrogen-bond acceptors (Lipinski definition) is 4. The second kappa shape index (κ2) is 8.80. The Bertz CT molecular complexity index is 804. The summed E-state index contributed by atoms with van der Waals surface area (Å²) in [6.45, 7) is 3.17. The number of amides is 1. The Labute approximate surface area is 160 Å². The standard InChI is InChI=1S/C22H26N2O3/c1-16-13-19(27-2)8-9-20(16)22(26)18-6-4-12-24(15-18)21(25)10-7-17-5-3-11-23-14-17/h3,5,8-9,11,13-14,18H,4,6-7,10,12,15H2,1-2H3. The first-order chi connectivity index (χ1) is 13.1. The number of aryl methyl sites for hydroxylation is 2. The Morgan fingerprint density at radius 1 is 1.30 bits per heavy atom. The molecule has 27 heavy (non-hydrogen) atoms. The number of aromatic nitrogens is 1. The molecule has 1 atom stereocenters. The molecule has 0 spiro atoms. The normalized spacial score (nSPS) is 16.8. The molecule has 2 heterocycles. The average molecular weight is 366 g/mol. The van der Waals surface area contributed by atoms with Crippen LogP contribution in [0.1, 0.15) is 40.7 Å². The Hall–Kier alpha value is -2.69. The molecule has 0 saturated carbocycles. The van der Waals surface area contributed by atoms with E-state index in [1.165, 1.54) is 0 Å². The van der Waals surface area contributed by atoms with Crippen LogP contribution in [-0.4, -0.2) is 41.8 Å². The second-order valence-corrected chi connectivity index (χ2v) is 7.09. The lowest BCUT2D eigenvalue weighted by molar-refractivity contribution is -0.132. The third-order valence-electron chi connectivity index (χ3n) is 5.19. The third-order valence-corrected chi connectivity index (χ3v) is 5.19. The van der Waals surface area contributed by atoms with Gasteiger partial charge < -0.3 is 9.64 Å². The van der Waals surface area contributed by atoms with E-state index in [2.05, 4.69) is 4.98 Å². The van der Waals surface area contributed by atoms with Crippen LogP contribution in [0.25, 0.3) is 0 Å². The number of methoxy groups -OCH3 is 1. The van der Waals surface area contributed by atoms with Crippen LogP contribution in [-0.2, 0) is 11.2 Å². The number of carbonyl (C=O) groups is 2. The summed E-state index contributed by atoms with van der Waals surface area (Å²) in [6.07, 6.45) is 6.35. The van der Waals surface area contributed by atoms with Crippen molar-refractivity contribution in [2.75, 3.05) is 20.2 Å². The van der Waals surface area contributed by atoms with Crippen molar-refractivity contribution in [3.63, 3.8) is 0 Å². The van der Waals surface area contributed by atoms with Gasteiger partial charge >= 0.3 is 0 Å². The first-order valence-electron chi connectivity index (χ1n) is 9.44. The summed E-state index contributed by atoms with van der Waals surface area (Å²) < 4.78 is 5.22. The molecular weight excluding hydrogens is 340 g/mol. The van der Waals surface area contributed by atoms with Crippen LogP contribution in [0.3, 0.4) is 0 Å². The van der Waals surface area contributed by atoms with Crippen molar-refractivity contribution < 1.29 is 14.3 Å². The zero-order chi connectivity index (χ0) is 19.2. The second-order valence-electron chi connectivity index (χ2n) is 7.09. The summed E-state index contributed by atoms with van der Waals surface area (Å²) >= 11 is 0. The first kappa shape index (κ1) is 19.1. The molecule has 1 aliphatic heterocycles. The van der Waals surface area contributed by atoms with Gasteiger partial charge in [-0.2, -0.15) is 0 Å². The van der Waals surface area contributed by atoms with Crippen molar-refractivity contribution in [2.45, 2.75) is 32.6 Å². The molecule has 1 saturated heterocycles. The van der Waals surface area contributed by atoms with Crippen molar-refractivity contribution in [1.29, 1.82) is 0 Å². The van der Waals surface area contributed by atoms with Crippen LogP contribution in [0, 0.1) is 12.8 Å². The molecule has 1 unspecified atom stereocenters. The number of piperidine rings is 1. The molecule has 0 bridgehead atoms. The van der Waals surface area contributed by atoms with Crippen LogP contribution in [0.15, 0.2) is 42.7 Å². The minimum Gasteiger partial charge on any atom is -0.497 e. The maximum Gasteiger partial charge on any atom is 0.222 e. The Morgan fingerprint density at radius 2 is 2.15 bits per heavy atom. The fourth-order valence-corrected chi connectivity index (χ4v) is 3.63. The molecule has 5 nitrogen and oxygen atoms in total. The van der Waals surface area contributed by atoms with Gasteiger partial charge in [-0.1, -0.05) is 6.07 Å². The fraction of sp³-hybridized carbons (Fsp3) is 0.409. The topological polar surface area (TPSA) is 59.5 Å². The molecule has 1 aliphatic rings. The zero-order valence-corrected chi connectivity index (χ0v) is 16.0. The lowest BCUT2D eigenvalue weighted by Crippen LogP contribution is -2.42. The first-order valence-corrected chi connectivity index (χ1v) is 9.44. The fourth-order valence-electron chi connectivity index (χ4n) is 3.63. The van der Waals surface area contributed by atoms with Crippen LogP contribution in [0.5, 0.6) is 5.75 Å². The number of ether oxygens (including phenoxy) is 1. The molecule has 5 heteroatoms. The van der Waals surface area contributed by atoms with Crippen molar-refractivity contribution in [2.24, 2.45) is 5.92 Å². The molecule has 0 aliphatic carbocycles. The van der Waals surface area contributed by atoms with Crippen LogP contribution in [0.2, 0.25) is 0 Å². The van der Waals surface area contributed by atoms with E-state index < -0.39 is 0 Å². The maximum absolute atomic E-state index is 13.0. The van der Waals surface area contributed by atoms with E-state index in [0.29, 0.717) is 19.4 Å². The predicted molar refractivity (Wildman–Crippen MR) is 104 cm³/mol. The molecular formula is C22H26N2O3. The minimum absolute atomic E-state index is 0.114. The van der Waals surface area contributed by atoms with Crippen molar-refractivity contribution in [1.82, 2.24) is 9.88 Å². The van der Waals surface area contributed by atoms with E-state index in [1.54, 1.807) is 19.5 Å². The monoisotopic (exact) mass is 366 g/mol. The van der Waals surface area contributed by atoms with Crippen molar-refractivity contribution >= 4 is 11.7 Å². The lowest BCUT2D eigenvalue weighted by Gasteiger charge is -2.32. The van der Waals surface area contributed by atoms with Gasteiger partial charge in [-0.3, -0.25) is 14.6 Å². The van der Waals surface area contributed by atoms with E-state index in [-0.39, 0.29) is 17.6 Å². The Morgan fingerprint density at radius 3 is 2.85 bits per heavy atom. The number of carbonyl (C=O) groups excluding carboxylic acids is 2. The van der Waals surface area contributed by atoms with E-state index in [0.717, 1.165) is 41.8 Å². The van der Waals surface area contributed by atoms with Gasteiger partial charge in [-0.15, -0.1) is 0 Å². The Kier molecular flexibility index (Phi) is 6.22. The van der Waals surface area contributed by atoms with E-state index >= 15 is 0 Å². The van der Waals surface area contributed by atoms with Gasteiger partial charge in [0, 0.05) is 43.4 Å². The third kappa shape index (κ3) is 4.73. The average Bonchev–Trinajstić information content (AvgIpc) is 2.72. The molecule has 1 amide bonds. The number of likely N-dealkylation sites (tertiary alicyclic amines) is 1. The molecule has 1 aromatic heterocycles. The summed E-state index contributed by atoms with van der Waals surface area (Å²) in [5, 5.41) is 0. The molecule has 1 fully saturated rings. The minimum atomic E-state index is -0.131. The molecule has 0 radical (unpaired) electrons. The number of Topliss-reactive ketones (excluding diaryl/α,β-unsaturated/α-hetero) is 1.